The summed E-state index contributed by atoms with van der Waals surface area (Å²) in [6, 6.07) is 5.17. The average Bonchev–Trinajstić information content (AvgIpc) is 2.56. The number of ether oxygens (including phenoxy) is 2. The van der Waals surface area contributed by atoms with Crippen molar-refractivity contribution in [1.82, 2.24) is 0 Å². The van der Waals surface area contributed by atoms with Crippen LogP contribution >= 0.6 is 0 Å². The molecular formula is C15H16O9. The van der Waals surface area contributed by atoms with E-state index in [0.29, 0.717) is 5.39 Å². The van der Waals surface area contributed by atoms with Crippen LogP contribution in [0.15, 0.2) is 33.5 Å². The lowest BCUT2D eigenvalue weighted by atomic mass is 9.99. The molecule has 0 saturated carbocycles. The molecule has 0 bridgehead atoms. The number of fused-ring (bicyclic) bond motifs is 1. The Kier molecular flexibility index (Phi) is 4.43. The van der Waals surface area contributed by atoms with E-state index in [4.69, 9.17) is 19.0 Å². The zero-order valence-electron chi connectivity index (χ0n) is 12.3. The van der Waals surface area contributed by atoms with Gasteiger partial charge in [0.05, 0.1) is 6.61 Å². The summed E-state index contributed by atoms with van der Waals surface area (Å²) in [4.78, 5) is 11.3. The molecule has 0 aliphatic carbocycles. The Morgan fingerprint density at radius 3 is 2.54 bits per heavy atom. The molecule has 2 heterocycles. The third-order valence-electron chi connectivity index (χ3n) is 3.79. The minimum absolute atomic E-state index is 0.139. The zero-order chi connectivity index (χ0) is 17.4. The highest BCUT2D eigenvalue weighted by molar-refractivity contribution is 5.80. The Morgan fingerprint density at radius 1 is 1.08 bits per heavy atom. The summed E-state index contributed by atoms with van der Waals surface area (Å²) in [6.07, 6.45) is -7.36. The van der Waals surface area contributed by atoms with Gasteiger partial charge in [-0.25, -0.2) is 4.79 Å². The highest BCUT2D eigenvalue weighted by Gasteiger charge is 2.44. The molecule has 1 aromatic heterocycles. The maximum atomic E-state index is 11.3. The number of hydrogen-bond acceptors (Lipinski definition) is 9. The fraction of sp³-hybridized carbons (Fsp3) is 0.400. The van der Waals surface area contributed by atoms with Crippen molar-refractivity contribution in [3.8, 4) is 11.5 Å². The first-order chi connectivity index (χ1) is 11.4. The topological polar surface area (TPSA) is 150 Å². The van der Waals surface area contributed by atoms with Crippen molar-refractivity contribution < 1.29 is 39.4 Å². The number of rotatable bonds is 3. The van der Waals surface area contributed by atoms with Gasteiger partial charge >= 0.3 is 5.63 Å². The van der Waals surface area contributed by atoms with E-state index < -0.39 is 42.9 Å². The highest BCUT2D eigenvalue weighted by Crippen LogP contribution is 2.33. The second-order valence-corrected chi connectivity index (χ2v) is 5.43. The smallest absolute Gasteiger partial charge is 0.336 e. The van der Waals surface area contributed by atoms with Gasteiger partial charge in [-0.15, -0.1) is 0 Å². The summed E-state index contributed by atoms with van der Waals surface area (Å²) < 4.78 is 15.5. The molecule has 5 atom stereocenters. The second kappa shape index (κ2) is 6.38. The summed E-state index contributed by atoms with van der Waals surface area (Å²) in [5, 5.41) is 49.0. The first-order valence-electron chi connectivity index (χ1n) is 7.15. The third kappa shape index (κ3) is 2.95. The first-order valence-corrected chi connectivity index (χ1v) is 7.15. The van der Waals surface area contributed by atoms with E-state index in [9.17, 15) is 25.2 Å². The molecule has 0 unspecified atom stereocenters. The number of phenols is 1. The van der Waals surface area contributed by atoms with Gasteiger partial charge in [0.2, 0.25) is 6.29 Å². The molecule has 0 spiro atoms. The minimum atomic E-state index is -1.62. The molecule has 1 saturated heterocycles. The van der Waals surface area contributed by atoms with Crippen LogP contribution in [0, 0.1) is 0 Å². The van der Waals surface area contributed by atoms with Gasteiger partial charge in [-0.2, -0.15) is 0 Å². The Bertz CT molecular complexity index is 784. The molecule has 3 rings (SSSR count). The molecule has 130 valence electrons. The number of aromatic hydroxyl groups is 1. The van der Waals surface area contributed by atoms with Crippen LogP contribution in [0.2, 0.25) is 0 Å². The van der Waals surface area contributed by atoms with Crippen LogP contribution < -0.4 is 10.4 Å². The van der Waals surface area contributed by atoms with Gasteiger partial charge in [0.15, 0.2) is 11.5 Å². The number of phenolic OH excluding ortho intramolecular Hbond substituents is 1. The summed E-state index contributed by atoms with van der Waals surface area (Å²) in [7, 11) is 0. The van der Waals surface area contributed by atoms with Crippen molar-refractivity contribution in [1.29, 1.82) is 0 Å². The van der Waals surface area contributed by atoms with E-state index in [0.717, 1.165) is 0 Å². The molecule has 1 fully saturated rings. The lowest BCUT2D eigenvalue weighted by Crippen LogP contribution is -2.60. The molecule has 1 aliphatic heterocycles. The maximum absolute atomic E-state index is 11.3. The first kappa shape index (κ1) is 16.7. The SMILES string of the molecule is O=c1ccc2cc(O)c(O[C@@H]3O[C@@H](CO)[C@@H](O)[C@@H](O)[C@H]3O)cc2o1. The lowest BCUT2D eigenvalue weighted by Gasteiger charge is -2.39. The number of benzene rings is 1. The van der Waals surface area contributed by atoms with Crippen molar-refractivity contribution >= 4 is 11.0 Å². The van der Waals surface area contributed by atoms with Gasteiger partial charge in [-0.1, -0.05) is 0 Å². The monoisotopic (exact) mass is 340 g/mol. The van der Waals surface area contributed by atoms with Gasteiger partial charge in [-0.3, -0.25) is 0 Å². The van der Waals surface area contributed by atoms with Crippen molar-refractivity contribution in [2.45, 2.75) is 30.7 Å². The van der Waals surface area contributed by atoms with E-state index in [1.165, 1.54) is 24.3 Å². The van der Waals surface area contributed by atoms with Crippen LogP contribution in [-0.4, -0.2) is 62.8 Å². The molecule has 0 amide bonds. The van der Waals surface area contributed by atoms with Gasteiger partial charge in [-0.05, 0) is 12.1 Å². The number of aliphatic hydroxyl groups excluding tert-OH is 4. The van der Waals surface area contributed by atoms with Crippen LogP contribution in [0.25, 0.3) is 11.0 Å². The van der Waals surface area contributed by atoms with E-state index >= 15 is 0 Å². The van der Waals surface area contributed by atoms with Crippen LogP contribution in [0.1, 0.15) is 0 Å². The third-order valence-corrected chi connectivity index (χ3v) is 3.79. The van der Waals surface area contributed by atoms with E-state index in [1.807, 2.05) is 0 Å². The molecule has 0 radical (unpaired) electrons. The van der Waals surface area contributed by atoms with Gasteiger partial charge < -0.3 is 39.4 Å². The highest BCUT2D eigenvalue weighted by atomic mass is 16.7. The molecule has 9 nitrogen and oxygen atoms in total. The van der Waals surface area contributed by atoms with Crippen molar-refractivity contribution in [2.75, 3.05) is 6.61 Å². The molecular weight excluding hydrogens is 324 g/mol. The van der Waals surface area contributed by atoms with Crippen LogP contribution in [0.4, 0.5) is 0 Å². The average molecular weight is 340 g/mol. The van der Waals surface area contributed by atoms with Crippen molar-refractivity contribution in [3.05, 3.63) is 34.7 Å². The summed E-state index contributed by atoms with van der Waals surface area (Å²) in [5.74, 6) is -0.477. The Morgan fingerprint density at radius 2 is 1.83 bits per heavy atom. The summed E-state index contributed by atoms with van der Waals surface area (Å²) >= 11 is 0. The molecule has 24 heavy (non-hydrogen) atoms. The summed E-state index contributed by atoms with van der Waals surface area (Å²) in [6.45, 7) is -0.608. The fourth-order valence-electron chi connectivity index (χ4n) is 2.47. The Hall–Kier alpha value is -2.17. The van der Waals surface area contributed by atoms with Crippen molar-refractivity contribution in [3.63, 3.8) is 0 Å². The normalized spacial score (nSPS) is 30.4. The van der Waals surface area contributed by atoms with Crippen LogP contribution in [-0.2, 0) is 4.74 Å². The molecule has 2 aromatic rings. The number of hydrogen-bond donors (Lipinski definition) is 5. The van der Waals surface area contributed by atoms with Crippen molar-refractivity contribution in [2.24, 2.45) is 0 Å². The number of aliphatic hydroxyl groups is 4. The fourth-order valence-corrected chi connectivity index (χ4v) is 2.47. The van der Waals surface area contributed by atoms with E-state index in [2.05, 4.69) is 0 Å². The van der Waals surface area contributed by atoms with E-state index in [1.54, 1.807) is 0 Å². The van der Waals surface area contributed by atoms with Gasteiger partial charge in [0, 0.05) is 17.5 Å². The zero-order valence-corrected chi connectivity index (χ0v) is 12.3. The minimum Gasteiger partial charge on any atom is -0.504 e. The predicted octanol–water partition coefficient (Wildman–Crippen LogP) is -1.32. The maximum Gasteiger partial charge on any atom is 0.336 e. The largest absolute Gasteiger partial charge is 0.504 e. The molecule has 9 heteroatoms. The van der Waals surface area contributed by atoms with Crippen LogP contribution in [0.5, 0.6) is 11.5 Å². The lowest BCUT2D eigenvalue weighted by molar-refractivity contribution is -0.277. The van der Waals surface area contributed by atoms with Gasteiger partial charge in [0.25, 0.3) is 0 Å². The van der Waals surface area contributed by atoms with E-state index in [-0.39, 0.29) is 17.1 Å². The summed E-state index contributed by atoms with van der Waals surface area (Å²) in [5.41, 5.74) is -0.452. The second-order valence-electron chi connectivity index (χ2n) is 5.43. The Balaban J connectivity index is 1.90. The molecule has 5 N–H and O–H groups in total. The van der Waals surface area contributed by atoms with Gasteiger partial charge in [0.1, 0.15) is 30.0 Å². The standard InChI is InChI=1S/C15H16O9/c16-5-10-12(19)13(20)14(21)15(24-10)23-9-4-8-6(3-7(9)17)1-2-11(18)22-8/h1-4,10,12-17,19-21H,5H2/t10-,12+,13+,14+,15+/m0/s1. The predicted molar refractivity (Wildman–Crippen MR) is 78.5 cm³/mol. The van der Waals surface area contributed by atoms with Crippen LogP contribution in [0.3, 0.4) is 0 Å². The molecule has 1 aromatic carbocycles. The Labute approximate surface area is 134 Å². The quantitative estimate of drug-likeness (QED) is 0.429. The molecule has 1 aliphatic rings.